The van der Waals surface area contributed by atoms with Gasteiger partial charge in [-0.25, -0.2) is 5.43 Å². The number of aryl methyl sites for hydroxylation is 1. The molecule has 1 aromatic heterocycles. The molecular weight excluding hydrogens is 274 g/mol. The highest BCUT2D eigenvalue weighted by Gasteiger charge is 2.05. The van der Waals surface area contributed by atoms with E-state index in [0.717, 1.165) is 27.7 Å². The minimum atomic E-state index is -0.125. The van der Waals surface area contributed by atoms with Crippen molar-refractivity contribution in [1.82, 2.24) is 10.4 Å². The number of carbonyl (C=O) groups is 1. The van der Waals surface area contributed by atoms with E-state index in [1.165, 1.54) is 0 Å². The van der Waals surface area contributed by atoms with Crippen LogP contribution in [0.25, 0.3) is 10.9 Å². The summed E-state index contributed by atoms with van der Waals surface area (Å²) in [4.78, 5) is 15.2. The Kier molecular flexibility index (Phi) is 4.01. The van der Waals surface area contributed by atoms with Crippen molar-refractivity contribution in [2.45, 2.75) is 13.3 Å². The van der Waals surface area contributed by atoms with Crippen molar-refractivity contribution in [2.24, 2.45) is 5.10 Å². The molecule has 0 radical (unpaired) electrons. The molecule has 3 aromatic rings. The number of rotatable bonds is 4. The molecule has 0 spiro atoms. The summed E-state index contributed by atoms with van der Waals surface area (Å²) in [5, 5.41) is 5.17. The minimum absolute atomic E-state index is 0.125. The van der Waals surface area contributed by atoms with Crippen LogP contribution in [0.5, 0.6) is 0 Å². The van der Waals surface area contributed by atoms with Crippen LogP contribution in [0.4, 0.5) is 0 Å². The molecule has 0 aliphatic carbocycles. The molecular formula is C18H17N3O. The first-order valence-corrected chi connectivity index (χ1v) is 7.17. The predicted octanol–water partition coefficient (Wildman–Crippen LogP) is 3.17. The molecule has 1 amide bonds. The summed E-state index contributed by atoms with van der Waals surface area (Å²) in [5.41, 5.74) is 6.64. The Labute approximate surface area is 128 Å². The predicted molar refractivity (Wildman–Crippen MR) is 88.9 cm³/mol. The molecule has 0 atom stereocenters. The fraction of sp³-hybridized carbons (Fsp3) is 0.111. The number of aromatic amines is 1. The smallest absolute Gasteiger partial charge is 0.244 e. The van der Waals surface area contributed by atoms with E-state index in [0.29, 0.717) is 6.42 Å². The second kappa shape index (κ2) is 6.26. The van der Waals surface area contributed by atoms with Gasteiger partial charge in [0.1, 0.15) is 0 Å². The Hall–Kier alpha value is -2.88. The first-order chi connectivity index (χ1) is 10.7. The van der Waals surface area contributed by atoms with E-state index >= 15 is 0 Å². The number of nitrogens with one attached hydrogen (secondary N) is 2. The van der Waals surface area contributed by atoms with E-state index in [2.05, 4.69) is 15.5 Å². The zero-order valence-corrected chi connectivity index (χ0v) is 12.3. The minimum Gasteiger partial charge on any atom is -0.358 e. The Balaban J connectivity index is 1.69. The van der Waals surface area contributed by atoms with Gasteiger partial charge in [0.05, 0.1) is 12.6 Å². The molecule has 0 saturated heterocycles. The molecule has 110 valence electrons. The Morgan fingerprint density at radius 2 is 1.86 bits per heavy atom. The average molecular weight is 291 g/mol. The number of carbonyl (C=O) groups excluding carboxylic acids is 1. The lowest BCUT2D eigenvalue weighted by Crippen LogP contribution is -2.19. The van der Waals surface area contributed by atoms with Crippen molar-refractivity contribution in [2.75, 3.05) is 0 Å². The van der Waals surface area contributed by atoms with Crippen molar-refractivity contribution in [3.8, 4) is 0 Å². The number of para-hydroxylation sites is 1. The molecule has 3 rings (SSSR count). The summed E-state index contributed by atoms with van der Waals surface area (Å²) < 4.78 is 0. The maximum Gasteiger partial charge on any atom is 0.244 e. The van der Waals surface area contributed by atoms with Gasteiger partial charge in [-0.05, 0) is 18.6 Å². The highest BCUT2D eigenvalue weighted by Crippen LogP contribution is 2.19. The van der Waals surface area contributed by atoms with Crippen LogP contribution in [-0.4, -0.2) is 17.1 Å². The first kappa shape index (κ1) is 14.1. The monoisotopic (exact) mass is 291 g/mol. The summed E-state index contributed by atoms with van der Waals surface area (Å²) in [6, 6.07) is 17.6. The van der Waals surface area contributed by atoms with Crippen LogP contribution < -0.4 is 5.43 Å². The van der Waals surface area contributed by atoms with E-state index in [9.17, 15) is 4.79 Å². The number of H-pyrrole nitrogens is 1. The third-order valence-corrected chi connectivity index (χ3v) is 3.53. The highest BCUT2D eigenvalue weighted by molar-refractivity contribution is 6.00. The molecule has 4 heteroatoms. The van der Waals surface area contributed by atoms with Crippen LogP contribution >= 0.6 is 0 Å². The lowest BCUT2D eigenvalue weighted by Gasteiger charge is -2.00. The van der Waals surface area contributed by atoms with Crippen LogP contribution in [0.1, 0.15) is 16.8 Å². The SMILES string of the molecule is Cc1[nH]c2ccccc2c1/C=N/NC(=O)Cc1ccccc1. The van der Waals surface area contributed by atoms with Gasteiger partial charge in [0.2, 0.25) is 5.91 Å². The summed E-state index contributed by atoms with van der Waals surface area (Å²) in [6.07, 6.45) is 2.02. The number of hydrogen-bond acceptors (Lipinski definition) is 2. The van der Waals surface area contributed by atoms with Gasteiger partial charge in [-0.15, -0.1) is 0 Å². The number of hydrogen-bond donors (Lipinski definition) is 2. The Morgan fingerprint density at radius 1 is 1.14 bits per heavy atom. The maximum absolute atomic E-state index is 11.9. The lowest BCUT2D eigenvalue weighted by atomic mass is 10.1. The Bertz CT molecular complexity index is 819. The summed E-state index contributed by atoms with van der Waals surface area (Å²) in [5.74, 6) is -0.125. The lowest BCUT2D eigenvalue weighted by molar-refractivity contribution is -0.120. The summed E-state index contributed by atoms with van der Waals surface area (Å²) in [6.45, 7) is 1.99. The zero-order valence-electron chi connectivity index (χ0n) is 12.3. The van der Waals surface area contributed by atoms with Crippen molar-refractivity contribution < 1.29 is 4.79 Å². The molecule has 22 heavy (non-hydrogen) atoms. The Morgan fingerprint density at radius 3 is 2.68 bits per heavy atom. The van der Waals surface area contributed by atoms with E-state index < -0.39 is 0 Å². The van der Waals surface area contributed by atoms with E-state index in [-0.39, 0.29) is 5.91 Å². The van der Waals surface area contributed by atoms with Gasteiger partial charge in [0, 0.05) is 22.2 Å². The molecule has 2 aromatic carbocycles. The molecule has 1 heterocycles. The normalized spacial score (nSPS) is 11.1. The van der Waals surface area contributed by atoms with Gasteiger partial charge >= 0.3 is 0 Å². The van der Waals surface area contributed by atoms with Crippen LogP contribution in [0.2, 0.25) is 0 Å². The molecule has 0 bridgehead atoms. The fourth-order valence-electron chi connectivity index (χ4n) is 2.45. The molecule has 4 nitrogen and oxygen atoms in total. The van der Waals surface area contributed by atoms with Gasteiger partial charge in [-0.1, -0.05) is 48.5 Å². The quantitative estimate of drug-likeness (QED) is 0.563. The number of aromatic nitrogens is 1. The number of benzene rings is 2. The largest absolute Gasteiger partial charge is 0.358 e. The van der Waals surface area contributed by atoms with Crippen LogP contribution in [0, 0.1) is 6.92 Å². The van der Waals surface area contributed by atoms with Crippen LogP contribution in [0.15, 0.2) is 59.7 Å². The number of hydrazone groups is 1. The van der Waals surface area contributed by atoms with Gasteiger partial charge in [0.25, 0.3) is 0 Å². The van der Waals surface area contributed by atoms with E-state index in [4.69, 9.17) is 0 Å². The maximum atomic E-state index is 11.9. The number of nitrogens with zero attached hydrogens (tertiary/aromatic N) is 1. The molecule has 0 fully saturated rings. The van der Waals surface area contributed by atoms with Crippen LogP contribution in [-0.2, 0) is 11.2 Å². The molecule has 0 unspecified atom stereocenters. The highest BCUT2D eigenvalue weighted by atomic mass is 16.2. The summed E-state index contributed by atoms with van der Waals surface area (Å²) in [7, 11) is 0. The molecule has 0 saturated carbocycles. The second-order valence-electron chi connectivity index (χ2n) is 5.16. The fourth-order valence-corrected chi connectivity index (χ4v) is 2.45. The van der Waals surface area contributed by atoms with Crippen molar-refractivity contribution in [3.05, 3.63) is 71.4 Å². The molecule has 0 aliphatic rings. The number of amides is 1. The number of fused-ring (bicyclic) bond motifs is 1. The van der Waals surface area contributed by atoms with Crippen molar-refractivity contribution >= 4 is 23.0 Å². The van der Waals surface area contributed by atoms with Crippen molar-refractivity contribution in [3.63, 3.8) is 0 Å². The average Bonchev–Trinajstić information content (AvgIpc) is 2.84. The molecule has 0 aliphatic heterocycles. The van der Waals surface area contributed by atoms with Gasteiger partial charge in [-0.3, -0.25) is 4.79 Å². The van der Waals surface area contributed by atoms with E-state index in [1.807, 2.05) is 61.5 Å². The topological polar surface area (TPSA) is 57.2 Å². The van der Waals surface area contributed by atoms with Crippen molar-refractivity contribution in [1.29, 1.82) is 0 Å². The third-order valence-electron chi connectivity index (χ3n) is 3.53. The standard InChI is InChI=1S/C18H17N3O/c1-13-16(15-9-5-6-10-17(15)20-13)12-19-21-18(22)11-14-7-3-2-4-8-14/h2-10,12,20H,11H2,1H3,(H,21,22)/b19-12+. The van der Waals surface area contributed by atoms with Gasteiger partial charge in [-0.2, -0.15) is 5.10 Å². The third kappa shape index (κ3) is 3.06. The van der Waals surface area contributed by atoms with Gasteiger partial charge < -0.3 is 4.98 Å². The van der Waals surface area contributed by atoms with Crippen LogP contribution in [0.3, 0.4) is 0 Å². The van der Waals surface area contributed by atoms with Gasteiger partial charge in [0.15, 0.2) is 0 Å². The van der Waals surface area contributed by atoms with E-state index in [1.54, 1.807) is 6.21 Å². The summed E-state index contributed by atoms with van der Waals surface area (Å²) >= 11 is 0. The molecule has 2 N–H and O–H groups in total. The second-order valence-corrected chi connectivity index (χ2v) is 5.16. The zero-order chi connectivity index (χ0) is 15.4. The first-order valence-electron chi connectivity index (χ1n) is 7.17.